The van der Waals surface area contributed by atoms with Gasteiger partial charge in [0.25, 0.3) is 0 Å². The molecule has 0 saturated heterocycles. The second kappa shape index (κ2) is 5.21. The molecule has 2 aromatic rings. The van der Waals surface area contributed by atoms with Crippen molar-refractivity contribution in [3.8, 4) is 0 Å². The predicted octanol–water partition coefficient (Wildman–Crippen LogP) is 1.90. The fraction of sp³-hybridized carbons (Fsp3) is 0.385. The zero-order chi connectivity index (χ0) is 12.3. The molecule has 92 valence electrons. The zero-order valence-corrected chi connectivity index (χ0v) is 10.2. The number of benzene rings is 1. The van der Waals surface area contributed by atoms with Gasteiger partial charge < -0.3 is 19.7 Å². The van der Waals surface area contributed by atoms with Gasteiger partial charge in [-0.3, -0.25) is 0 Å². The van der Waals surface area contributed by atoms with Gasteiger partial charge in [0.2, 0.25) is 0 Å². The first-order valence-electron chi connectivity index (χ1n) is 5.71. The number of nitrogens with one attached hydrogen (secondary N) is 1. The van der Waals surface area contributed by atoms with Gasteiger partial charge in [0.15, 0.2) is 0 Å². The Labute approximate surface area is 101 Å². The number of aliphatic hydroxyl groups is 1. The Morgan fingerprint density at radius 2 is 2.12 bits per heavy atom. The second-order valence-corrected chi connectivity index (χ2v) is 4.35. The summed E-state index contributed by atoms with van der Waals surface area (Å²) in [6.45, 7) is 1.84. The van der Waals surface area contributed by atoms with Gasteiger partial charge in [0.1, 0.15) is 18.0 Å². The van der Waals surface area contributed by atoms with Crippen LogP contribution in [0.3, 0.4) is 0 Å². The van der Waals surface area contributed by atoms with E-state index in [-0.39, 0.29) is 6.61 Å². The van der Waals surface area contributed by atoms with E-state index in [2.05, 4.69) is 24.3 Å². The van der Waals surface area contributed by atoms with Crippen LogP contribution in [0, 0.1) is 0 Å². The molecule has 0 fully saturated rings. The monoisotopic (exact) mass is 234 g/mol. The Balaban J connectivity index is 2.08. The lowest BCUT2D eigenvalue weighted by molar-refractivity contribution is 0.251. The number of rotatable bonds is 5. The van der Waals surface area contributed by atoms with E-state index in [0.29, 0.717) is 5.76 Å². The molecule has 0 bridgehead atoms. The van der Waals surface area contributed by atoms with Gasteiger partial charge in [-0.05, 0) is 38.4 Å². The summed E-state index contributed by atoms with van der Waals surface area (Å²) in [4.78, 5) is 2.13. The van der Waals surface area contributed by atoms with Crippen molar-refractivity contribution in [3.05, 3.63) is 30.0 Å². The molecule has 0 atom stereocenters. The predicted molar refractivity (Wildman–Crippen MR) is 69.2 cm³/mol. The highest BCUT2D eigenvalue weighted by Gasteiger charge is 2.03. The van der Waals surface area contributed by atoms with Gasteiger partial charge in [-0.2, -0.15) is 0 Å². The summed E-state index contributed by atoms with van der Waals surface area (Å²) >= 11 is 0. The maximum atomic E-state index is 9.00. The van der Waals surface area contributed by atoms with Crippen LogP contribution >= 0.6 is 0 Å². The maximum absolute atomic E-state index is 9.00. The average molecular weight is 234 g/mol. The molecule has 2 rings (SSSR count). The number of nitrogens with zero attached hydrogens (tertiary/aromatic N) is 1. The lowest BCUT2D eigenvalue weighted by atomic mass is 10.2. The highest BCUT2D eigenvalue weighted by molar-refractivity contribution is 5.81. The van der Waals surface area contributed by atoms with Crippen LogP contribution in [0.1, 0.15) is 5.76 Å². The summed E-state index contributed by atoms with van der Waals surface area (Å²) in [5.41, 5.74) is 1.89. The van der Waals surface area contributed by atoms with E-state index in [0.717, 1.165) is 29.7 Å². The highest BCUT2D eigenvalue weighted by atomic mass is 16.4. The molecule has 0 aliphatic carbocycles. The summed E-state index contributed by atoms with van der Waals surface area (Å²) in [5, 5.41) is 13.4. The Kier molecular flexibility index (Phi) is 3.66. The molecule has 4 heteroatoms. The molecular formula is C13H18N2O2. The van der Waals surface area contributed by atoms with E-state index in [9.17, 15) is 0 Å². The zero-order valence-electron chi connectivity index (χ0n) is 10.2. The molecule has 0 saturated carbocycles. The van der Waals surface area contributed by atoms with Crippen molar-refractivity contribution in [1.29, 1.82) is 0 Å². The van der Waals surface area contributed by atoms with Crippen LogP contribution in [0.5, 0.6) is 0 Å². The Morgan fingerprint density at radius 3 is 2.82 bits per heavy atom. The molecule has 2 N–H and O–H groups in total. The first kappa shape index (κ1) is 12.0. The van der Waals surface area contributed by atoms with Crippen molar-refractivity contribution in [2.45, 2.75) is 6.61 Å². The lowest BCUT2D eigenvalue weighted by Crippen LogP contribution is -2.20. The third kappa shape index (κ3) is 2.99. The highest BCUT2D eigenvalue weighted by Crippen LogP contribution is 2.22. The van der Waals surface area contributed by atoms with Crippen molar-refractivity contribution in [2.75, 3.05) is 32.5 Å². The third-order valence-electron chi connectivity index (χ3n) is 2.61. The van der Waals surface area contributed by atoms with Crippen LogP contribution in [-0.2, 0) is 6.61 Å². The van der Waals surface area contributed by atoms with Crippen LogP contribution in [0.15, 0.2) is 28.7 Å². The van der Waals surface area contributed by atoms with Crippen LogP contribution in [0.4, 0.5) is 5.69 Å². The first-order valence-corrected chi connectivity index (χ1v) is 5.71. The molecule has 0 radical (unpaired) electrons. The van der Waals surface area contributed by atoms with Crippen LogP contribution in [0.25, 0.3) is 11.0 Å². The molecule has 1 heterocycles. The van der Waals surface area contributed by atoms with Gasteiger partial charge >= 0.3 is 0 Å². The molecule has 0 amide bonds. The first-order chi connectivity index (χ1) is 8.19. The third-order valence-corrected chi connectivity index (χ3v) is 2.61. The van der Waals surface area contributed by atoms with Gasteiger partial charge in [0.05, 0.1) is 0 Å². The molecule has 1 aromatic carbocycles. The minimum Gasteiger partial charge on any atom is -0.459 e. The minimum absolute atomic E-state index is 0.0575. The SMILES string of the molecule is CN(C)CCNc1ccc2oc(CO)cc2c1. The summed E-state index contributed by atoms with van der Waals surface area (Å²) in [7, 11) is 4.10. The smallest absolute Gasteiger partial charge is 0.134 e. The summed E-state index contributed by atoms with van der Waals surface area (Å²) in [6.07, 6.45) is 0. The Morgan fingerprint density at radius 1 is 1.29 bits per heavy atom. The van der Waals surface area contributed by atoms with E-state index in [1.165, 1.54) is 0 Å². The number of anilines is 1. The van der Waals surface area contributed by atoms with Crippen LogP contribution in [0.2, 0.25) is 0 Å². The average Bonchev–Trinajstić information content (AvgIpc) is 2.70. The topological polar surface area (TPSA) is 48.6 Å². The summed E-state index contributed by atoms with van der Waals surface area (Å²) in [6, 6.07) is 7.81. The summed E-state index contributed by atoms with van der Waals surface area (Å²) in [5.74, 6) is 0.602. The van der Waals surface area contributed by atoms with Crippen molar-refractivity contribution < 1.29 is 9.52 Å². The van der Waals surface area contributed by atoms with E-state index in [1.54, 1.807) is 0 Å². The Hall–Kier alpha value is -1.52. The fourth-order valence-corrected chi connectivity index (χ4v) is 1.71. The molecule has 0 unspecified atom stereocenters. The molecule has 0 aliphatic heterocycles. The number of aliphatic hydroxyl groups excluding tert-OH is 1. The normalized spacial score (nSPS) is 11.3. The molecule has 1 aromatic heterocycles. The number of furan rings is 1. The van der Waals surface area contributed by atoms with E-state index in [4.69, 9.17) is 9.52 Å². The lowest BCUT2D eigenvalue weighted by Gasteiger charge is -2.11. The molecule has 0 spiro atoms. The maximum Gasteiger partial charge on any atom is 0.134 e. The number of hydrogen-bond donors (Lipinski definition) is 2. The van der Waals surface area contributed by atoms with Crippen molar-refractivity contribution >= 4 is 16.7 Å². The van der Waals surface area contributed by atoms with Crippen LogP contribution in [-0.4, -0.2) is 37.2 Å². The quantitative estimate of drug-likeness (QED) is 0.829. The van der Waals surface area contributed by atoms with Crippen LogP contribution < -0.4 is 5.32 Å². The number of likely N-dealkylation sites (N-methyl/N-ethyl adjacent to an activating group) is 1. The molecule has 4 nitrogen and oxygen atoms in total. The van der Waals surface area contributed by atoms with Crippen molar-refractivity contribution in [1.82, 2.24) is 4.90 Å². The summed E-state index contributed by atoms with van der Waals surface area (Å²) < 4.78 is 5.43. The Bertz CT molecular complexity index is 491. The van der Waals surface area contributed by atoms with Crippen molar-refractivity contribution in [2.24, 2.45) is 0 Å². The van der Waals surface area contributed by atoms with Gasteiger partial charge in [-0.15, -0.1) is 0 Å². The van der Waals surface area contributed by atoms with E-state index < -0.39 is 0 Å². The minimum atomic E-state index is -0.0575. The second-order valence-electron chi connectivity index (χ2n) is 4.35. The number of fused-ring (bicyclic) bond motifs is 1. The van der Waals surface area contributed by atoms with Gasteiger partial charge in [-0.25, -0.2) is 0 Å². The van der Waals surface area contributed by atoms with Gasteiger partial charge in [-0.1, -0.05) is 0 Å². The van der Waals surface area contributed by atoms with Crippen molar-refractivity contribution in [3.63, 3.8) is 0 Å². The largest absolute Gasteiger partial charge is 0.459 e. The van der Waals surface area contributed by atoms with E-state index >= 15 is 0 Å². The molecular weight excluding hydrogens is 216 g/mol. The number of hydrogen-bond acceptors (Lipinski definition) is 4. The van der Waals surface area contributed by atoms with E-state index in [1.807, 2.05) is 24.3 Å². The standard InChI is InChI=1S/C13H18N2O2/c1-15(2)6-5-14-11-3-4-13-10(7-11)8-12(9-16)17-13/h3-4,7-8,14,16H,5-6,9H2,1-2H3. The molecule has 0 aliphatic rings. The van der Waals surface area contributed by atoms with Gasteiger partial charge in [0, 0.05) is 24.2 Å². The molecule has 17 heavy (non-hydrogen) atoms. The fourth-order valence-electron chi connectivity index (χ4n) is 1.71.